The highest BCUT2D eigenvalue weighted by Crippen LogP contribution is 2.33. The lowest BCUT2D eigenvalue weighted by Gasteiger charge is -2.36. The molecule has 3 heteroatoms. The fraction of sp³-hybridized carbons (Fsp3) is 0.562. The summed E-state index contributed by atoms with van der Waals surface area (Å²) in [5.41, 5.74) is 0.741. The van der Waals surface area contributed by atoms with E-state index in [0.29, 0.717) is 23.1 Å². The topological polar surface area (TPSA) is 29.1 Å². The second-order valence-corrected chi connectivity index (χ2v) is 6.43. The maximum Gasteiger partial charge on any atom is 0.143 e. The van der Waals surface area contributed by atoms with E-state index < -0.39 is 0 Å². The molecule has 1 saturated heterocycles. The van der Waals surface area contributed by atoms with Gasteiger partial charge in [-0.25, -0.2) is 0 Å². The fourth-order valence-electron chi connectivity index (χ4n) is 2.76. The first-order chi connectivity index (χ1) is 9.00. The van der Waals surface area contributed by atoms with Crippen LogP contribution in [0, 0.1) is 11.3 Å². The van der Waals surface area contributed by atoms with Crippen LogP contribution in [0.1, 0.15) is 32.3 Å². The third-order valence-electron chi connectivity index (χ3n) is 4.29. The van der Waals surface area contributed by atoms with Gasteiger partial charge in [-0.2, -0.15) is 0 Å². The molecule has 0 saturated carbocycles. The van der Waals surface area contributed by atoms with Crippen LogP contribution in [0.3, 0.4) is 0 Å². The molecule has 19 heavy (non-hydrogen) atoms. The summed E-state index contributed by atoms with van der Waals surface area (Å²) in [6.07, 6.45) is 2.78. The second-order valence-electron chi connectivity index (χ2n) is 5.99. The Morgan fingerprint density at radius 3 is 2.89 bits per heavy atom. The molecule has 1 aromatic rings. The molecule has 0 aliphatic carbocycles. The molecule has 1 atom stereocenters. The van der Waals surface area contributed by atoms with Crippen LogP contribution in [0.15, 0.2) is 24.3 Å². The van der Waals surface area contributed by atoms with E-state index in [4.69, 9.17) is 11.6 Å². The summed E-state index contributed by atoms with van der Waals surface area (Å²) in [5.74, 6) is 0.747. The van der Waals surface area contributed by atoms with Gasteiger partial charge in [-0.05, 0) is 49.5 Å². The minimum atomic E-state index is -0.268. The van der Waals surface area contributed by atoms with Crippen molar-refractivity contribution < 1.29 is 4.79 Å². The summed E-state index contributed by atoms with van der Waals surface area (Å²) < 4.78 is 0. The summed E-state index contributed by atoms with van der Waals surface area (Å²) in [6, 6.07) is 7.60. The van der Waals surface area contributed by atoms with Gasteiger partial charge >= 0.3 is 0 Å². The Labute approximate surface area is 120 Å². The Morgan fingerprint density at radius 2 is 2.26 bits per heavy atom. The molecule has 2 nitrogen and oxygen atoms in total. The molecular weight excluding hydrogens is 258 g/mol. The van der Waals surface area contributed by atoms with Gasteiger partial charge in [0.25, 0.3) is 0 Å². The summed E-state index contributed by atoms with van der Waals surface area (Å²) in [4.78, 5) is 12.6. The van der Waals surface area contributed by atoms with E-state index >= 15 is 0 Å². The Bertz CT molecular complexity index is 450. The molecule has 1 N–H and O–H groups in total. The third-order valence-corrected chi connectivity index (χ3v) is 4.52. The van der Waals surface area contributed by atoms with Crippen LogP contribution in [0.5, 0.6) is 0 Å². The van der Waals surface area contributed by atoms with Gasteiger partial charge in [-0.1, -0.05) is 37.6 Å². The molecular formula is C16H22ClNO. The molecule has 2 rings (SSSR count). The number of benzene rings is 1. The number of Topliss-reactive ketones (excluding diaryl/α,β-unsaturated/α-hetero) is 1. The standard InChI is InChI=1S/C16H22ClNO/c1-16(2,13-6-4-8-18-11-13)15(19)10-12-5-3-7-14(17)9-12/h3,5,7,9,13,18H,4,6,8,10-11H2,1-2H3. The molecule has 1 aliphatic heterocycles. The van der Waals surface area contributed by atoms with Crippen molar-refractivity contribution in [3.05, 3.63) is 34.9 Å². The molecule has 104 valence electrons. The van der Waals surface area contributed by atoms with Crippen LogP contribution in [-0.2, 0) is 11.2 Å². The molecule has 0 amide bonds. The number of nitrogens with one attached hydrogen (secondary N) is 1. The summed E-state index contributed by atoms with van der Waals surface area (Å²) in [6.45, 7) is 6.19. The van der Waals surface area contributed by atoms with E-state index in [2.05, 4.69) is 19.2 Å². The minimum Gasteiger partial charge on any atom is -0.316 e. The SMILES string of the molecule is CC(C)(C(=O)Cc1cccc(Cl)c1)C1CCCNC1. The maximum atomic E-state index is 12.6. The van der Waals surface area contributed by atoms with Crippen molar-refractivity contribution in [3.8, 4) is 0 Å². The van der Waals surface area contributed by atoms with Gasteiger partial charge in [0, 0.05) is 16.9 Å². The van der Waals surface area contributed by atoms with E-state index in [0.717, 1.165) is 25.1 Å². The molecule has 1 fully saturated rings. The zero-order valence-corrected chi connectivity index (χ0v) is 12.5. The molecule has 0 bridgehead atoms. The van der Waals surface area contributed by atoms with Crippen molar-refractivity contribution in [2.75, 3.05) is 13.1 Å². The van der Waals surface area contributed by atoms with Gasteiger partial charge in [0.1, 0.15) is 5.78 Å². The van der Waals surface area contributed by atoms with Crippen LogP contribution >= 0.6 is 11.6 Å². The number of carbonyl (C=O) groups excluding carboxylic acids is 1. The second kappa shape index (κ2) is 6.06. The lowest BCUT2D eigenvalue weighted by molar-refractivity contribution is -0.129. The number of carbonyl (C=O) groups is 1. The average Bonchev–Trinajstić information content (AvgIpc) is 2.39. The van der Waals surface area contributed by atoms with Crippen molar-refractivity contribution in [2.45, 2.75) is 33.1 Å². The van der Waals surface area contributed by atoms with Crippen molar-refractivity contribution in [2.24, 2.45) is 11.3 Å². The number of ketones is 1. The molecule has 1 unspecified atom stereocenters. The van der Waals surface area contributed by atoms with E-state index in [9.17, 15) is 4.79 Å². The quantitative estimate of drug-likeness (QED) is 0.914. The zero-order valence-electron chi connectivity index (χ0n) is 11.7. The number of hydrogen-bond acceptors (Lipinski definition) is 2. The lowest BCUT2D eigenvalue weighted by atomic mass is 9.71. The first kappa shape index (κ1) is 14.5. The monoisotopic (exact) mass is 279 g/mol. The first-order valence-electron chi connectivity index (χ1n) is 6.98. The van der Waals surface area contributed by atoms with Crippen molar-refractivity contribution in [1.29, 1.82) is 0 Å². The van der Waals surface area contributed by atoms with Crippen molar-refractivity contribution in [3.63, 3.8) is 0 Å². The van der Waals surface area contributed by atoms with Crippen LogP contribution in [-0.4, -0.2) is 18.9 Å². The van der Waals surface area contributed by atoms with Gasteiger partial charge in [0.15, 0.2) is 0 Å². The van der Waals surface area contributed by atoms with Crippen LogP contribution in [0.25, 0.3) is 0 Å². The number of halogens is 1. The largest absolute Gasteiger partial charge is 0.316 e. The Morgan fingerprint density at radius 1 is 1.47 bits per heavy atom. The molecule has 1 aromatic carbocycles. The van der Waals surface area contributed by atoms with E-state index in [1.807, 2.05) is 24.3 Å². The third kappa shape index (κ3) is 3.58. The molecule has 1 aliphatic rings. The van der Waals surface area contributed by atoms with Gasteiger partial charge in [-0.15, -0.1) is 0 Å². The van der Waals surface area contributed by atoms with Crippen molar-refractivity contribution >= 4 is 17.4 Å². The Hall–Kier alpha value is -0.860. The highest BCUT2D eigenvalue weighted by Gasteiger charge is 2.36. The van der Waals surface area contributed by atoms with Gasteiger partial charge in [-0.3, -0.25) is 4.79 Å². The summed E-state index contributed by atoms with van der Waals surface area (Å²) >= 11 is 5.97. The van der Waals surface area contributed by atoms with Gasteiger partial charge in [0.05, 0.1) is 0 Å². The number of hydrogen-bond donors (Lipinski definition) is 1. The Kier molecular flexibility index (Phi) is 4.64. The van der Waals surface area contributed by atoms with E-state index in [1.165, 1.54) is 6.42 Å². The summed E-state index contributed by atoms with van der Waals surface area (Å²) in [5, 5.41) is 4.09. The van der Waals surface area contributed by atoms with E-state index in [1.54, 1.807) is 0 Å². The number of piperidine rings is 1. The van der Waals surface area contributed by atoms with Gasteiger partial charge in [0.2, 0.25) is 0 Å². The average molecular weight is 280 g/mol. The lowest BCUT2D eigenvalue weighted by Crippen LogP contribution is -2.43. The molecule has 0 radical (unpaired) electrons. The smallest absolute Gasteiger partial charge is 0.143 e. The number of rotatable bonds is 4. The zero-order chi connectivity index (χ0) is 13.9. The fourth-order valence-corrected chi connectivity index (χ4v) is 2.97. The normalized spacial score (nSPS) is 20.3. The first-order valence-corrected chi connectivity index (χ1v) is 7.36. The van der Waals surface area contributed by atoms with Crippen molar-refractivity contribution in [1.82, 2.24) is 5.32 Å². The minimum absolute atomic E-state index is 0.268. The highest BCUT2D eigenvalue weighted by molar-refractivity contribution is 6.30. The van der Waals surface area contributed by atoms with Gasteiger partial charge < -0.3 is 5.32 Å². The van der Waals surface area contributed by atoms with Crippen LogP contribution < -0.4 is 5.32 Å². The molecule has 1 heterocycles. The summed E-state index contributed by atoms with van der Waals surface area (Å²) in [7, 11) is 0. The van der Waals surface area contributed by atoms with E-state index in [-0.39, 0.29) is 5.41 Å². The van der Waals surface area contributed by atoms with Crippen LogP contribution in [0.2, 0.25) is 5.02 Å². The maximum absolute atomic E-state index is 12.6. The predicted octanol–water partition coefficient (Wildman–Crippen LogP) is 3.48. The molecule has 0 spiro atoms. The Balaban J connectivity index is 2.05. The highest BCUT2D eigenvalue weighted by atomic mass is 35.5. The molecule has 0 aromatic heterocycles. The predicted molar refractivity (Wildman–Crippen MR) is 79.5 cm³/mol. The van der Waals surface area contributed by atoms with Crippen LogP contribution in [0.4, 0.5) is 0 Å².